The van der Waals surface area contributed by atoms with E-state index in [-0.39, 0.29) is 0 Å². The van der Waals surface area contributed by atoms with Crippen LogP contribution in [0.4, 0.5) is 0 Å². The van der Waals surface area contributed by atoms with Crippen LogP contribution < -0.4 is 0 Å². The van der Waals surface area contributed by atoms with E-state index >= 15 is 0 Å². The smallest absolute Gasteiger partial charge is 0.227 e. The van der Waals surface area contributed by atoms with Crippen LogP contribution >= 0.6 is 0 Å². The van der Waals surface area contributed by atoms with Gasteiger partial charge in [-0.05, 0) is 237 Å². The summed E-state index contributed by atoms with van der Waals surface area (Å²) >= 11 is 0. The van der Waals surface area contributed by atoms with Crippen molar-refractivity contribution in [1.29, 1.82) is 0 Å². The number of nitrogens with zero attached hydrogens (tertiary/aromatic N) is 4. The second-order valence-corrected chi connectivity index (χ2v) is 32.0. The number of pyridine rings is 2. The molecule has 0 radical (unpaired) electrons. The summed E-state index contributed by atoms with van der Waals surface area (Å²) in [6.07, 6.45) is 0. The molecule has 0 bridgehead atoms. The Morgan fingerprint density at radius 2 is 0.426 bits per heavy atom. The lowest BCUT2D eigenvalue weighted by atomic mass is 9.87. The van der Waals surface area contributed by atoms with E-state index in [1.807, 2.05) is 24.3 Å². The molecule has 0 N–H and O–H groups in total. The fourth-order valence-corrected chi connectivity index (χ4v) is 19.6. The number of aromatic nitrogens is 4. The Bertz CT molecular complexity index is 8800. The predicted molar refractivity (Wildman–Crippen MR) is 512 cm³/mol. The molecule has 0 aliphatic heterocycles. The molecule has 22 aromatic carbocycles. The van der Waals surface area contributed by atoms with Crippen LogP contribution in [0.3, 0.4) is 0 Å². The molecule has 0 saturated heterocycles. The number of hydrogen-bond donors (Lipinski definition) is 0. The number of oxazole rings is 2. The van der Waals surface area contributed by atoms with Crippen LogP contribution in [0.5, 0.6) is 0 Å². The molecule has 6 nitrogen and oxygen atoms in total. The fourth-order valence-electron chi connectivity index (χ4n) is 19.6. The van der Waals surface area contributed by atoms with Gasteiger partial charge in [0.1, 0.15) is 11.0 Å². The zero-order valence-electron chi connectivity index (χ0n) is 65.9. The average molecular weight is 1550 g/mol. The molecule has 4 heterocycles. The highest BCUT2D eigenvalue weighted by Crippen LogP contribution is 2.50. The molecule has 564 valence electrons. The highest BCUT2D eigenvalue weighted by molar-refractivity contribution is 6.26. The molecule has 0 unspecified atom stereocenters. The Morgan fingerprint density at radius 1 is 0.156 bits per heavy atom. The predicted octanol–water partition coefficient (Wildman–Crippen LogP) is 31.9. The van der Waals surface area contributed by atoms with Crippen LogP contribution in [0.25, 0.3) is 263 Å². The van der Waals surface area contributed by atoms with Crippen LogP contribution in [-0.2, 0) is 0 Å². The highest BCUT2D eigenvalue weighted by atomic mass is 16.4. The third-order valence-corrected chi connectivity index (χ3v) is 25.3. The van der Waals surface area contributed by atoms with E-state index in [1.54, 1.807) is 0 Å². The third kappa shape index (κ3) is 11.0. The van der Waals surface area contributed by atoms with Gasteiger partial charge in [-0.15, -0.1) is 0 Å². The van der Waals surface area contributed by atoms with E-state index in [0.29, 0.717) is 11.8 Å². The number of fused-ring (bicyclic) bond motifs is 25. The summed E-state index contributed by atoms with van der Waals surface area (Å²) in [7, 11) is 0. The first kappa shape index (κ1) is 68.9. The van der Waals surface area contributed by atoms with Gasteiger partial charge in [0.15, 0.2) is 11.2 Å². The van der Waals surface area contributed by atoms with Gasteiger partial charge in [0, 0.05) is 54.6 Å². The van der Waals surface area contributed by atoms with Crippen molar-refractivity contribution in [3.8, 4) is 89.9 Å². The summed E-state index contributed by atoms with van der Waals surface area (Å²) in [6, 6.07) is 148. The molecule has 0 fully saturated rings. The summed E-state index contributed by atoms with van der Waals surface area (Å²) in [5.74, 6) is 1.23. The van der Waals surface area contributed by atoms with Crippen molar-refractivity contribution in [2.24, 2.45) is 0 Å². The van der Waals surface area contributed by atoms with Gasteiger partial charge in [0.2, 0.25) is 11.8 Å². The average Bonchev–Trinajstić information content (AvgIpc) is 0.954. The van der Waals surface area contributed by atoms with Gasteiger partial charge in [-0.1, -0.05) is 328 Å². The Balaban J connectivity index is 0.000000136. The van der Waals surface area contributed by atoms with Gasteiger partial charge in [0.05, 0.1) is 22.4 Å². The number of para-hydroxylation sites is 2. The number of hydrogen-bond acceptors (Lipinski definition) is 6. The minimum atomic E-state index is 0.611. The molecule has 0 saturated carbocycles. The number of benzene rings is 22. The normalized spacial score (nSPS) is 11.9. The molecule has 122 heavy (non-hydrogen) atoms. The summed E-state index contributed by atoms with van der Waals surface area (Å²) < 4.78 is 12.8. The van der Waals surface area contributed by atoms with Crippen molar-refractivity contribution in [2.45, 2.75) is 0 Å². The van der Waals surface area contributed by atoms with Crippen molar-refractivity contribution in [3.05, 3.63) is 413 Å². The zero-order chi connectivity index (χ0) is 80.0. The maximum atomic E-state index is 6.66. The van der Waals surface area contributed by atoms with E-state index in [9.17, 15) is 0 Å². The SMILES string of the molecule is c1ccc2c(c1)cc(-c1cc(-c3cc4ccccc4c4ccccc34)c3cc(-c4ccc(-c5nc6c7ccccc7c7ccccc7c6o5)cc4)c4ccccc4c3n1)c1ccccc12.c1ccc2c(c1)cc(-c1cc(-c3cc4ccccc4c4ccccc34)c3cc(-c4ccc(-c5nc6ccccc6o5)cc4)c4ccccc4c3n1)c1ccccc12. The van der Waals surface area contributed by atoms with Gasteiger partial charge in [-0.2, -0.15) is 0 Å². The van der Waals surface area contributed by atoms with Crippen molar-refractivity contribution in [1.82, 2.24) is 19.9 Å². The molecule has 0 aliphatic carbocycles. The Kier molecular flexibility index (Phi) is 15.6. The second kappa shape index (κ2) is 27.7. The molecule has 0 atom stereocenters. The molecule has 26 rings (SSSR count). The summed E-state index contributed by atoms with van der Waals surface area (Å²) in [5, 5.41) is 30.8. The highest BCUT2D eigenvalue weighted by Gasteiger charge is 2.25. The molecule has 6 heteroatoms. The van der Waals surface area contributed by atoms with Crippen LogP contribution in [-0.4, -0.2) is 19.9 Å². The molecular formula is C116H68N4O2. The Morgan fingerprint density at radius 3 is 0.820 bits per heavy atom. The van der Waals surface area contributed by atoms with Crippen LogP contribution in [0.15, 0.2) is 421 Å². The molecule has 0 amide bonds. The van der Waals surface area contributed by atoms with Crippen LogP contribution in [0, 0.1) is 0 Å². The molecule has 4 aromatic heterocycles. The number of rotatable bonds is 8. The van der Waals surface area contributed by atoms with E-state index in [2.05, 4.69) is 388 Å². The van der Waals surface area contributed by atoms with Crippen molar-refractivity contribution in [2.75, 3.05) is 0 Å². The summed E-state index contributed by atoms with van der Waals surface area (Å²) in [6.45, 7) is 0. The van der Waals surface area contributed by atoms with Gasteiger partial charge in [-0.3, -0.25) is 0 Å². The van der Waals surface area contributed by atoms with Gasteiger partial charge in [-0.25, -0.2) is 19.9 Å². The standard InChI is InChI=1S/C62H36N2O.C54H32N2O/c1-3-17-41-39(15-1)33-54(47-23-7-5-19-43(41)47)55-36-58(56-34-40-16-2-4-18-42(40)44-20-6-8-24-48(44)56)63-59-50-26-12-10-25-49(50)53(35-57(55)59)37-29-31-38(32-30-37)62-64-60-51-27-13-9-21-45(51)46-22-11-14-28-52(46)61(60)65-62;1-3-15-37-35(13-1)29-46(41-19-7-5-17-39(37)41)47-32-51(48-30-36-14-2-4-16-38(36)40-18-6-8-20-42(40)48)55-53-44-22-10-9-21-43(44)45(31-49(47)53)33-25-27-34(28-26-33)54-56-50-23-11-12-24-52(50)57-54/h1-36H;1-32H. The maximum Gasteiger partial charge on any atom is 0.227 e. The minimum Gasteiger partial charge on any atom is -0.436 e. The van der Waals surface area contributed by atoms with Gasteiger partial charge < -0.3 is 8.83 Å². The van der Waals surface area contributed by atoms with Crippen molar-refractivity contribution < 1.29 is 8.83 Å². The first-order valence-electron chi connectivity index (χ1n) is 41.6. The van der Waals surface area contributed by atoms with Crippen molar-refractivity contribution >= 4 is 173 Å². The molecule has 26 aromatic rings. The fraction of sp³-hybridized carbons (Fsp3) is 0. The third-order valence-electron chi connectivity index (χ3n) is 25.3. The maximum absolute atomic E-state index is 6.66. The van der Waals surface area contributed by atoms with E-state index in [0.717, 1.165) is 143 Å². The first-order chi connectivity index (χ1) is 60.5. The second-order valence-electron chi connectivity index (χ2n) is 32.0. The lowest BCUT2D eigenvalue weighted by molar-refractivity contribution is 0.620. The first-order valence-corrected chi connectivity index (χ1v) is 41.6. The molecule has 0 aliphatic rings. The molecular weight excluding hydrogens is 1480 g/mol. The zero-order valence-corrected chi connectivity index (χ0v) is 65.9. The van der Waals surface area contributed by atoms with Crippen molar-refractivity contribution in [3.63, 3.8) is 0 Å². The van der Waals surface area contributed by atoms with E-state index in [4.69, 9.17) is 28.8 Å². The van der Waals surface area contributed by atoms with Crippen LogP contribution in [0.2, 0.25) is 0 Å². The van der Waals surface area contributed by atoms with E-state index < -0.39 is 0 Å². The quantitative estimate of drug-likeness (QED) is 0.141. The van der Waals surface area contributed by atoms with Crippen LogP contribution in [0.1, 0.15) is 0 Å². The lowest BCUT2D eigenvalue weighted by Gasteiger charge is -2.18. The lowest BCUT2D eigenvalue weighted by Crippen LogP contribution is -1.95. The largest absolute Gasteiger partial charge is 0.436 e. The monoisotopic (exact) mass is 1550 g/mol. The van der Waals surface area contributed by atoms with E-state index in [1.165, 1.54) is 108 Å². The van der Waals surface area contributed by atoms with Gasteiger partial charge >= 0.3 is 0 Å². The van der Waals surface area contributed by atoms with Gasteiger partial charge in [0.25, 0.3) is 0 Å². The minimum absolute atomic E-state index is 0.611. The Labute approximate surface area is 699 Å². The molecule has 0 spiro atoms. The Hall–Kier alpha value is -16.3. The topological polar surface area (TPSA) is 77.8 Å². The summed E-state index contributed by atoms with van der Waals surface area (Å²) in [4.78, 5) is 21.2. The summed E-state index contributed by atoms with van der Waals surface area (Å²) in [5.41, 5.74) is 20.5.